The highest BCUT2D eigenvalue weighted by atomic mass is 16.1. The monoisotopic (exact) mass is 143 g/mol. The van der Waals surface area contributed by atoms with Gasteiger partial charge in [-0.1, -0.05) is 0 Å². The molecule has 0 saturated heterocycles. The Balaban J connectivity index is 4.38. The molecule has 0 spiro atoms. The second-order valence-corrected chi connectivity index (χ2v) is 2.66. The largest absolute Gasteiger partial charge is 0.368 e. The first-order valence-corrected chi connectivity index (χ1v) is 2.96. The number of hydrogen-bond acceptors (Lipinski definition) is 2. The molecule has 10 heavy (non-hydrogen) atoms. The topological polar surface area (TPSA) is 70.2 Å². The highest BCUT2D eigenvalue weighted by molar-refractivity contribution is 5.85. The lowest BCUT2D eigenvalue weighted by molar-refractivity contribution is -0.125. The van der Waals surface area contributed by atoms with Crippen LogP contribution in [0.1, 0.15) is 13.8 Å². The predicted octanol–water partition coefficient (Wildman–Crippen LogP) is -0.211. The maximum absolute atomic E-state index is 10.7. The van der Waals surface area contributed by atoms with Crippen LogP contribution in [0.2, 0.25) is 0 Å². The van der Waals surface area contributed by atoms with Crippen LogP contribution in [-0.4, -0.2) is 29.7 Å². The summed E-state index contributed by atoms with van der Waals surface area (Å²) in [5.74, 6) is -0.432. The number of likely N-dealkylation sites (N-methyl/N-ethyl adjacent to an activating group) is 1. The molecule has 0 unspecified atom stereocenters. The summed E-state index contributed by atoms with van der Waals surface area (Å²) in [5, 5.41) is 6.85. The van der Waals surface area contributed by atoms with Gasteiger partial charge in [-0.05, 0) is 13.8 Å². The van der Waals surface area contributed by atoms with Crippen LogP contribution in [0.5, 0.6) is 0 Å². The standard InChI is InChI=1S/C6H13N3O/c1-6(2,5(8)10)9(3)4-7/h4,7H,1-3H3,(H2,8,10). The minimum atomic E-state index is -0.762. The highest BCUT2D eigenvalue weighted by Gasteiger charge is 2.27. The Morgan fingerprint density at radius 2 is 2.10 bits per heavy atom. The molecule has 0 aromatic rings. The Kier molecular flexibility index (Phi) is 2.40. The average Bonchev–Trinajstić information content (AvgIpc) is 1.86. The van der Waals surface area contributed by atoms with E-state index in [0.29, 0.717) is 0 Å². The summed E-state index contributed by atoms with van der Waals surface area (Å²) in [6.07, 6.45) is 1.07. The van der Waals surface area contributed by atoms with Crippen LogP contribution in [0, 0.1) is 5.41 Å². The van der Waals surface area contributed by atoms with Crippen molar-refractivity contribution in [3.63, 3.8) is 0 Å². The summed E-state index contributed by atoms with van der Waals surface area (Å²) in [5.41, 5.74) is 4.30. The third kappa shape index (κ3) is 1.46. The fraction of sp³-hybridized carbons (Fsp3) is 0.667. The molecule has 4 nitrogen and oxygen atoms in total. The van der Waals surface area contributed by atoms with Crippen LogP contribution in [0.25, 0.3) is 0 Å². The Morgan fingerprint density at radius 1 is 1.70 bits per heavy atom. The van der Waals surface area contributed by atoms with E-state index in [-0.39, 0.29) is 0 Å². The summed E-state index contributed by atoms with van der Waals surface area (Å²) in [6, 6.07) is 0. The molecule has 0 fully saturated rings. The number of nitrogens with one attached hydrogen (secondary N) is 1. The molecule has 0 bridgehead atoms. The zero-order chi connectivity index (χ0) is 8.36. The maximum atomic E-state index is 10.7. The van der Waals surface area contributed by atoms with Gasteiger partial charge in [-0.25, -0.2) is 0 Å². The van der Waals surface area contributed by atoms with Crippen LogP contribution in [0.15, 0.2) is 0 Å². The first kappa shape index (κ1) is 8.94. The van der Waals surface area contributed by atoms with E-state index < -0.39 is 11.4 Å². The van der Waals surface area contributed by atoms with E-state index in [9.17, 15) is 4.79 Å². The van der Waals surface area contributed by atoms with E-state index in [1.165, 1.54) is 4.90 Å². The minimum absolute atomic E-state index is 0.432. The summed E-state index contributed by atoms with van der Waals surface area (Å²) in [6.45, 7) is 3.33. The van der Waals surface area contributed by atoms with E-state index in [1.54, 1.807) is 20.9 Å². The Labute approximate surface area is 60.5 Å². The zero-order valence-electron chi connectivity index (χ0n) is 6.51. The number of rotatable bonds is 3. The first-order chi connectivity index (χ1) is 4.42. The number of primary amides is 1. The zero-order valence-corrected chi connectivity index (χ0v) is 6.51. The van der Waals surface area contributed by atoms with Crippen LogP contribution < -0.4 is 5.73 Å². The molecule has 0 heterocycles. The lowest BCUT2D eigenvalue weighted by atomic mass is 10.0. The molecule has 0 radical (unpaired) electrons. The summed E-state index contributed by atoms with van der Waals surface area (Å²) in [7, 11) is 1.64. The number of carbonyl (C=O) groups excluding carboxylic acids is 1. The van der Waals surface area contributed by atoms with Gasteiger partial charge in [-0.15, -0.1) is 0 Å². The van der Waals surface area contributed by atoms with E-state index in [1.807, 2.05) is 0 Å². The van der Waals surface area contributed by atoms with E-state index >= 15 is 0 Å². The molecular weight excluding hydrogens is 130 g/mol. The summed E-state index contributed by atoms with van der Waals surface area (Å²) < 4.78 is 0. The molecular formula is C6H13N3O. The van der Waals surface area contributed by atoms with E-state index in [2.05, 4.69) is 0 Å². The molecule has 0 aromatic carbocycles. The van der Waals surface area contributed by atoms with Crippen molar-refractivity contribution in [1.82, 2.24) is 4.90 Å². The van der Waals surface area contributed by atoms with Gasteiger partial charge in [0.25, 0.3) is 0 Å². The van der Waals surface area contributed by atoms with Crippen molar-refractivity contribution in [1.29, 1.82) is 5.41 Å². The third-order valence-electron chi connectivity index (χ3n) is 1.68. The second kappa shape index (κ2) is 2.68. The van der Waals surface area contributed by atoms with Gasteiger partial charge in [0.1, 0.15) is 5.54 Å². The second-order valence-electron chi connectivity index (χ2n) is 2.66. The minimum Gasteiger partial charge on any atom is -0.368 e. The fourth-order valence-electron chi connectivity index (χ4n) is 0.335. The van der Waals surface area contributed by atoms with Gasteiger partial charge in [0.05, 0.1) is 6.34 Å². The van der Waals surface area contributed by atoms with Crippen molar-refractivity contribution in [2.75, 3.05) is 7.05 Å². The van der Waals surface area contributed by atoms with Gasteiger partial charge < -0.3 is 10.6 Å². The van der Waals surface area contributed by atoms with Crippen molar-refractivity contribution in [2.45, 2.75) is 19.4 Å². The van der Waals surface area contributed by atoms with E-state index in [4.69, 9.17) is 11.1 Å². The van der Waals surface area contributed by atoms with Crippen molar-refractivity contribution in [3.8, 4) is 0 Å². The number of nitrogens with two attached hydrogens (primary N) is 1. The Morgan fingerprint density at radius 3 is 2.20 bits per heavy atom. The molecule has 0 rings (SSSR count). The van der Waals surface area contributed by atoms with Gasteiger partial charge >= 0.3 is 0 Å². The summed E-state index contributed by atoms with van der Waals surface area (Å²) >= 11 is 0. The molecule has 0 aliphatic carbocycles. The Bertz CT molecular complexity index is 153. The smallest absolute Gasteiger partial charge is 0.242 e. The van der Waals surface area contributed by atoms with Gasteiger partial charge in [-0.2, -0.15) is 0 Å². The van der Waals surface area contributed by atoms with E-state index in [0.717, 1.165) is 6.34 Å². The lowest BCUT2D eigenvalue weighted by Gasteiger charge is -2.29. The molecule has 0 atom stereocenters. The van der Waals surface area contributed by atoms with Crippen LogP contribution in [0.3, 0.4) is 0 Å². The number of carbonyl (C=O) groups is 1. The lowest BCUT2D eigenvalue weighted by Crippen LogP contribution is -2.50. The molecule has 58 valence electrons. The molecule has 0 aliphatic rings. The molecule has 1 amide bonds. The van der Waals surface area contributed by atoms with Crippen molar-refractivity contribution >= 4 is 12.2 Å². The summed E-state index contributed by atoms with van der Waals surface area (Å²) in [4.78, 5) is 12.2. The van der Waals surface area contributed by atoms with Gasteiger partial charge in [0, 0.05) is 7.05 Å². The first-order valence-electron chi connectivity index (χ1n) is 2.96. The highest BCUT2D eigenvalue weighted by Crippen LogP contribution is 2.07. The average molecular weight is 143 g/mol. The van der Waals surface area contributed by atoms with Crippen LogP contribution in [-0.2, 0) is 4.79 Å². The number of nitrogens with zero attached hydrogens (tertiary/aromatic N) is 1. The van der Waals surface area contributed by atoms with Gasteiger partial charge in [-0.3, -0.25) is 10.2 Å². The fourth-order valence-corrected chi connectivity index (χ4v) is 0.335. The molecule has 3 N–H and O–H groups in total. The van der Waals surface area contributed by atoms with Crippen molar-refractivity contribution in [2.24, 2.45) is 5.73 Å². The molecule has 0 aromatic heterocycles. The Hall–Kier alpha value is -1.06. The van der Waals surface area contributed by atoms with Crippen LogP contribution in [0.4, 0.5) is 0 Å². The van der Waals surface area contributed by atoms with Gasteiger partial charge in [0.15, 0.2) is 0 Å². The number of hydrogen-bond donors (Lipinski definition) is 2. The predicted molar refractivity (Wildman–Crippen MR) is 39.8 cm³/mol. The van der Waals surface area contributed by atoms with Crippen molar-refractivity contribution < 1.29 is 4.79 Å². The molecule has 4 heteroatoms. The van der Waals surface area contributed by atoms with Crippen molar-refractivity contribution in [3.05, 3.63) is 0 Å². The van der Waals surface area contributed by atoms with Gasteiger partial charge in [0.2, 0.25) is 5.91 Å². The SMILES string of the molecule is CN(C=N)C(C)(C)C(N)=O. The molecule has 0 aliphatic heterocycles. The normalized spacial score (nSPS) is 10.7. The quantitative estimate of drug-likeness (QED) is 0.424. The van der Waals surface area contributed by atoms with Crippen LogP contribution >= 0.6 is 0 Å². The number of amides is 1. The third-order valence-corrected chi connectivity index (χ3v) is 1.68. The molecule has 0 saturated carbocycles. The maximum Gasteiger partial charge on any atom is 0.242 e.